The molecule has 3 rings (SSSR count). The highest BCUT2D eigenvalue weighted by atomic mass is 15.2. The molecule has 1 saturated carbocycles. The van der Waals surface area contributed by atoms with Gasteiger partial charge in [0, 0.05) is 19.1 Å². The van der Waals surface area contributed by atoms with Gasteiger partial charge in [-0.15, -0.1) is 0 Å². The molecule has 3 nitrogen and oxygen atoms in total. The second-order valence-corrected chi connectivity index (χ2v) is 6.60. The van der Waals surface area contributed by atoms with E-state index >= 15 is 0 Å². The third kappa shape index (κ3) is 3.84. The van der Waals surface area contributed by atoms with Crippen LogP contribution in [0.1, 0.15) is 37.2 Å². The Morgan fingerprint density at radius 3 is 2.67 bits per heavy atom. The molecule has 1 heterocycles. The highest BCUT2D eigenvalue weighted by molar-refractivity contribution is 5.21. The van der Waals surface area contributed by atoms with Crippen LogP contribution in [0.4, 0.5) is 0 Å². The molecule has 3 heteroatoms. The molecule has 1 N–H and O–H groups in total. The number of benzene rings is 1. The number of nitrogens with zero attached hydrogens (tertiary/aromatic N) is 2. The predicted octanol–water partition coefficient (Wildman–Crippen LogP) is 2.76. The van der Waals surface area contributed by atoms with Crippen molar-refractivity contribution in [3.63, 3.8) is 0 Å². The predicted molar refractivity (Wildman–Crippen MR) is 85.0 cm³/mol. The summed E-state index contributed by atoms with van der Waals surface area (Å²) < 4.78 is 0. The topological polar surface area (TPSA) is 39.1 Å². The van der Waals surface area contributed by atoms with E-state index in [1.54, 1.807) is 0 Å². The number of likely N-dealkylation sites (tertiary alicyclic amines) is 1. The van der Waals surface area contributed by atoms with Gasteiger partial charge in [0.15, 0.2) is 0 Å². The maximum Gasteiger partial charge on any atom is 0.0866 e. The van der Waals surface area contributed by atoms with E-state index in [0.717, 1.165) is 25.6 Å². The molecule has 21 heavy (non-hydrogen) atoms. The van der Waals surface area contributed by atoms with Crippen LogP contribution in [0.5, 0.6) is 0 Å². The minimum absolute atomic E-state index is 0.526. The van der Waals surface area contributed by atoms with Gasteiger partial charge in [-0.25, -0.2) is 0 Å². The van der Waals surface area contributed by atoms with Crippen molar-refractivity contribution >= 4 is 0 Å². The Bertz CT molecular complexity index is 475. The van der Waals surface area contributed by atoms with Gasteiger partial charge in [0.05, 0.1) is 12.6 Å². The second-order valence-electron chi connectivity index (χ2n) is 6.60. The molecule has 1 aromatic rings. The Balaban J connectivity index is 1.61. The van der Waals surface area contributed by atoms with Crippen molar-refractivity contribution < 1.29 is 0 Å². The molecule has 0 radical (unpaired) electrons. The van der Waals surface area contributed by atoms with Gasteiger partial charge in [0.1, 0.15) is 0 Å². The van der Waals surface area contributed by atoms with E-state index in [1.807, 2.05) is 0 Å². The molecule has 1 aliphatic carbocycles. The van der Waals surface area contributed by atoms with E-state index in [1.165, 1.54) is 31.2 Å². The molecule has 0 spiro atoms. The smallest absolute Gasteiger partial charge is 0.0866 e. The van der Waals surface area contributed by atoms with Gasteiger partial charge >= 0.3 is 0 Å². The largest absolute Gasteiger partial charge is 0.312 e. The van der Waals surface area contributed by atoms with Crippen molar-refractivity contribution in [1.29, 1.82) is 5.26 Å². The monoisotopic (exact) mass is 283 g/mol. The van der Waals surface area contributed by atoms with Crippen LogP contribution in [-0.4, -0.2) is 37.1 Å². The molecule has 0 amide bonds. The third-order valence-corrected chi connectivity index (χ3v) is 5.01. The first-order chi connectivity index (χ1) is 10.3. The van der Waals surface area contributed by atoms with Crippen molar-refractivity contribution in [2.75, 3.05) is 26.2 Å². The minimum atomic E-state index is 0.526. The summed E-state index contributed by atoms with van der Waals surface area (Å²) in [6.07, 6.45) is 5.39. The van der Waals surface area contributed by atoms with Gasteiger partial charge < -0.3 is 5.32 Å². The first-order valence-corrected chi connectivity index (χ1v) is 8.23. The lowest BCUT2D eigenvalue weighted by atomic mass is 9.84. The van der Waals surface area contributed by atoms with Crippen LogP contribution in [0.15, 0.2) is 30.3 Å². The van der Waals surface area contributed by atoms with Crippen molar-refractivity contribution in [1.82, 2.24) is 10.2 Å². The van der Waals surface area contributed by atoms with Crippen LogP contribution in [0.2, 0.25) is 0 Å². The summed E-state index contributed by atoms with van der Waals surface area (Å²) in [5.74, 6) is 1.44. The van der Waals surface area contributed by atoms with E-state index in [4.69, 9.17) is 5.26 Å². The van der Waals surface area contributed by atoms with E-state index in [9.17, 15) is 0 Å². The van der Waals surface area contributed by atoms with E-state index < -0.39 is 0 Å². The number of piperidine rings is 1. The molecular weight excluding hydrogens is 258 g/mol. The van der Waals surface area contributed by atoms with E-state index in [-0.39, 0.29) is 0 Å². The average molecular weight is 283 g/mol. The Labute approximate surface area is 128 Å². The zero-order chi connectivity index (χ0) is 14.5. The summed E-state index contributed by atoms with van der Waals surface area (Å²) in [6, 6.07) is 13.6. The second kappa shape index (κ2) is 7.06. The number of rotatable bonds is 5. The number of nitrogens with one attached hydrogen (secondary N) is 1. The zero-order valence-corrected chi connectivity index (χ0v) is 12.7. The maximum atomic E-state index is 9.01. The summed E-state index contributed by atoms with van der Waals surface area (Å²) in [5, 5.41) is 12.8. The molecule has 2 fully saturated rings. The first kappa shape index (κ1) is 14.6. The van der Waals surface area contributed by atoms with Crippen LogP contribution in [0, 0.1) is 17.2 Å². The van der Waals surface area contributed by atoms with Gasteiger partial charge in [-0.3, -0.25) is 4.90 Å². The van der Waals surface area contributed by atoms with Crippen LogP contribution < -0.4 is 5.32 Å². The standard InChI is InChI=1S/C18H25N3/c19-9-10-21-13-17(16-7-2-1-3-8-16)11-18(14-21)20-12-15-5-4-6-15/h1-3,7-8,15,17-18,20H,4-6,10-14H2. The highest BCUT2D eigenvalue weighted by Gasteiger charge is 2.28. The van der Waals surface area contributed by atoms with Crippen molar-refractivity contribution in [3.05, 3.63) is 35.9 Å². The summed E-state index contributed by atoms with van der Waals surface area (Å²) in [6.45, 7) is 3.74. The molecule has 112 valence electrons. The highest BCUT2D eigenvalue weighted by Crippen LogP contribution is 2.29. The van der Waals surface area contributed by atoms with Crippen molar-refractivity contribution in [3.8, 4) is 6.07 Å². The quantitative estimate of drug-likeness (QED) is 0.845. The van der Waals surface area contributed by atoms with Gasteiger partial charge in [-0.1, -0.05) is 36.8 Å². The first-order valence-electron chi connectivity index (χ1n) is 8.23. The van der Waals surface area contributed by atoms with E-state index in [0.29, 0.717) is 18.5 Å². The minimum Gasteiger partial charge on any atom is -0.312 e. The average Bonchev–Trinajstić information content (AvgIpc) is 2.47. The number of hydrogen-bond donors (Lipinski definition) is 1. The normalized spacial score (nSPS) is 27.0. The molecule has 2 aliphatic rings. The molecule has 1 aliphatic heterocycles. The van der Waals surface area contributed by atoms with Crippen LogP contribution in [-0.2, 0) is 0 Å². The lowest BCUT2D eigenvalue weighted by Gasteiger charge is -2.38. The van der Waals surface area contributed by atoms with Crippen molar-refractivity contribution in [2.24, 2.45) is 5.92 Å². The van der Waals surface area contributed by atoms with Gasteiger partial charge in [0.2, 0.25) is 0 Å². The van der Waals surface area contributed by atoms with Gasteiger partial charge in [-0.2, -0.15) is 5.26 Å². The van der Waals surface area contributed by atoms with Crippen LogP contribution >= 0.6 is 0 Å². The molecule has 1 aromatic carbocycles. The molecule has 1 saturated heterocycles. The van der Waals surface area contributed by atoms with E-state index in [2.05, 4.69) is 46.6 Å². The zero-order valence-electron chi connectivity index (χ0n) is 12.7. The summed E-state index contributed by atoms with van der Waals surface area (Å²) in [4.78, 5) is 2.31. The SMILES string of the molecule is N#CCN1CC(NCC2CCC2)CC(c2ccccc2)C1. The summed E-state index contributed by atoms with van der Waals surface area (Å²) in [5.41, 5.74) is 1.41. The third-order valence-electron chi connectivity index (χ3n) is 5.01. The van der Waals surface area contributed by atoms with Crippen LogP contribution in [0.3, 0.4) is 0 Å². The van der Waals surface area contributed by atoms with Crippen LogP contribution in [0.25, 0.3) is 0 Å². The van der Waals surface area contributed by atoms with Gasteiger partial charge in [-0.05, 0) is 43.2 Å². The Morgan fingerprint density at radius 2 is 2.00 bits per heavy atom. The number of nitriles is 1. The molecule has 2 atom stereocenters. The molecule has 2 unspecified atom stereocenters. The number of hydrogen-bond acceptors (Lipinski definition) is 3. The fourth-order valence-electron chi connectivity index (χ4n) is 3.56. The van der Waals surface area contributed by atoms with Crippen molar-refractivity contribution in [2.45, 2.75) is 37.6 Å². The fourth-order valence-corrected chi connectivity index (χ4v) is 3.56. The lowest BCUT2D eigenvalue weighted by molar-refractivity contribution is 0.177. The molecular formula is C18H25N3. The van der Waals surface area contributed by atoms with Gasteiger partial charge in [0.25, 0.3) is 0 Å². The Kier molecular flexibility index (Phi) is 4.90. The fraction of sp³-hybridized carbons (Fsp3) is 0.611. The Hall–Kier alpha value is -1.37. The maximum absolute atomic E-state index is 9.01. The molecule has 0 bridgehead atoms. The lowest BCUT2D eigenvalue weighted by Crippen LogP contribution is -2.49. The molecule has 0 aromatic heterocycles. The summed E-state index contributed by atoms with van der Waals surface area (Å²) in [7, 11) is 0. The summed E-state index contributed by atoms with van der Waals surface area (Å²) >= 11 is 0. The Morgan fingerprint density at radius 1 is 1.19 bits per heavy atom.